The molecule has 0 fully saturated rings. The van der Waals surface area contributed by atoms with Gasteiger partial charge in [0, 0.05) is 6.20 Å². The van der Waals surface area contributed by atoms with Gasteiger partial charge in [-0.3, -0.25) is 0 Å². The van der Waals surface area contributed by atoms with Crippen molar-refractivity contribution in [2.24, 2.45) is 0 Å². The van der Waals surface area contributed by atoms with Crippen molar-refractivity contribution in [3.8, 4) is 50.6 Å². The molecule has 0 radical (unpaired) electrons. The normalized spacial score (nSPS) is 13.3. The molecule has 7 aromatic rings. The molecule has 0 unspecified atom stereocenters. The van der Waals surface area contributed by atoms with Crippen LogP contribution in [0.15, 0.2) is 146 Å². The van der Waals surface area contributed by atoms with Crippen LogP contribution < -0.4 is 0 Å². The van der Waals surface area contributed by atoms with E-state index in [0.717, 1.165) is 16.7 Å². The number of nitrogens with zero attached hydrogens (tertiary/aromatic N) is 2. The van der Waals surface area contributed by atoms with E-state index >= 15 is 0 Å². The van der Waals surface area contributed by atoms with Gasteiger partial charge in [0.05, 0.1) is 5.41 Å². The summed E-state index contributed by atoms with van der Waals surface area (Å²) in [5, 5.41) is 11.9. The summed E-state index contributed by atoms with van der Waals surface area (Å²) < 4.78 is 0. The highest BCUT2D eigenvalue weighted by Crippen LogP contribution is 2.64. The summed E-state index contributed by atoms with van der Waals surface area (Å²) in [7, 11) is 0. The van der Waals surface area contributed by atoms with E-state index in [2.05, 4.69) is 138 Å². The van der Waals surface area contributed by atoms with Gasteiger partial charge in [0.1, 0.15) is 11.8 Å². The summed E-state index contributed by atoms with van der Waals surface area (Å²) >= 11 is 0. The lowest BCUT2D eigenvalue weighted by atomic mass is 9.70. The fourth-order valence-electron chi connectivity index (χ4n) is 7.61. The van der Waals surface area contributed by atoms with Gasteiger partial charge in [-0.1, -0.05) is 121 Å². The van der Waals surface area contributed by atoms with Gasteiger partial charge in [-0.2, -0.15) is 5.26 Å². The Morgan fingerprint density at radius 1 is 0.488 bits per heavy atom. The number of aromatic nitrogens is 1. The molecular formula is C41H24N2. The van der Waals surface area contributed by atoms with Crippen LogP contribution in [0.1, 0.15) is 27.9 Å². The molecule has 0 aliphatic heterocycles. The zero-order valence-corrected chi connectivity index (χ0v) is 23.3. The maximum Gasteiger partial charge on any atom is 0.141 e. The number of nitriles is 1. The summed E-state index contributed by atoms with van der Waals surface area (Å²) in [4.78, 5) is 4.12. The lowest BCUT2D eigenvalue weighted by molar-refractivity contribution is 0.795. The Labute approximate surface area is 250 Å². The van der Waals surface area contributed by atoms with Crippen LogP contribution in [0.5, 0.6) is 0 Å². The molecule has 43 heavy (non-hydrogen) atoms. The third-order valence-electron chi connectivity index (χ3n) is 9.40. The smallest absolute Gasteiger partial charge is 0.141 e. The second-order valence-electron chi connectivity index (χ2n) is 11.4. The van der Waals surface area contributed by atoms with E-state index in [0.29, 0.717) is 5.69 Å². The average molecular weight is 545 g/mol. The second-order valence-corrected chi connectivity index (χ2v) is 11.4. The minimum absolute atomic E-state index is 0.386. The lowest BCUT2D eigenvalue weighted by Crippen LogP contribution is -2.25. The lowest BCUT2D eigenvalue weighted by Gasteiger charge is -2.30. The van der Waals surface area contributed by atoms with E-state index in [1.54, 1.807) is 6.20 Å². The highest BCUT2D eigenvalue weighted by atomic mass is 14.7. The van der Waals surface area contributed by atoms with E-state index in [1.165, 1.54) is 60.8 Å². The molecule has 0 saturated heterocycles. The first-order valence-electron chi connectivity index (χ1n) is 14.6. The number of hydrogen-bond donors (Lipinski definition) is 0. The standard InChI is InChI=1S/C41H24N2/c42-25-31-23-30(21-22-43-31)27-15-13-26(14-16-27)29-17-19-35-39(24-29)41(38-20-18-28-7-1-2-8-32(28)40(35)38)36-11-5-3-9-33(36)34-10-4-6-12-37(34)41/h1-24H. The Morgan fingerprint density at radius 3 is 1.84 bits per heavy atom. The molecule has 0 bridgehead atoms. The fraction of sp³-hybridized carbons (Fsp3) is 0.0244. The van der Waals surface area contributed by atoms with Gasteiger partial charge in [-0.15, -0.1) is 0 Å². The van der Waals surface area contributed by atoms with E-state index in [4.69, 9.17) is 0 Å². The molecule has 0 saturated carbocycles. The van der Waals surface area contributed by atoms with Crippen molar-refractivity contribution < 1.29 is 0 Å². The molecule has 2 heteroatoms. The molecule has 0 amide bonds. The summed E-state index contributed by atoms with van der Waals surface area (Å²) in [6, 6.07) is 52.9. The van der Waals surface area contributed by atoms with Crippen molar-refractivity contribution in [3.63, 3.8) is 0 Å². The highest BCUT2D eigenvalue weighted by Gasteiger charge is 2.51. The molecule has 2 aliphatic carbocycles. The van der Waals surface area contributed by atoms with Crippen LogP contribution in [0.2, 0.25) is 0 Å². The van der Waals surface area contributed by atoms with Crippen molar-refractivity contribution in [2.75, 3.05) is 0 Å². The van der Waals surface area contributed by atoms with Crippen molar-refractivity contribution in [1.82, 2.24) is 4.98 Å². The zero-order chi connectivity index (χ0) is 28.5. The maximum atomic E-state index is 9.30. The molecule has 1 aromatic heterocycles. The SMILES string of the molecule is N#Cc1cc(-c2ccc(-c3ccc4c(c3)C3(c5ccccc5-c5ccccc53)c3ccc5ccccc5c3-4)cc2)ccn1. The Hall–Kier alpha value is -5.78. The largest absolute Gasteiger partial charge is 0.246 e. The van der Waals surface area contributed by atoms with Crippen LogP contribution >= 0.6 is 0 Å². The van der Waals surface area contributed by atoms with Gasteiger partial charge in [0.25, 0.3) is 0 Å². The predicted molar refractivity (Wildman–Crippen MR) is 174 cm³/mol. The molecule has 0 N–H and O–H groups in total. The van der Waals surface area contributed by atoms with Crippen molar-refractivity contribution in [3.05, 3.63) is 174 Å². The number of fused-ring (bicyclic) bond motifs is 12. The monoisotopic (exact) mass is 544 g/mol. The first-order chi connectivity index (χ1) is 21.3. The Morgan fingerprint density at radius 2 is 1.12 bits per heavy atom. The molecule has 1 spiro atoms. The average Bonchev–Trinajstić information content (AvgIpc) is 3.55. The Kier molecular flexibility index (Phi) is 4.92. The maximum absolute atomic E-state index is 9.30. The predicted octanol–water partition coefficient (Wildman–Crippen LogP) is 9.78. The first kappa shape index (κ1) is 23.9. The summed E-state index contributed by atoms with van der Waals surface area (Å²) in [6.45, 7) is 0. The third-order valence-corrected chi connectivity index (χ3v) is 9.40. The van der Waals surface area contributed by atoms with Crippen LogP contribution in [0.3, 0.4) is 0 Å². The summed E-state index contributed by atoms with van der Waals surface area (Å²) in [5.41, 5.74) is 15.1. The van der Waals surface area contributed by atoms with E-state index in [9.17, 15) is 5.26 Å². The molecule has 0 atom stereocenters. The van der Waals surface area contributed by atoms with Crippen LogP contribution in [-0.2, 0) is 5.41 Å². The molecule has 1 heterocycles. The minimum Gasteiger partial charge on any atom is -0.246 e. The third kappa shape index (κ3) is 3.19. The van der Waals surface area contributed by atoms with Crippen LogP contribution in [-0.4, -0.2) is 4.98 Å². The second kappa shape index (κ2) is 8.86. The van der Waals surface area contributed by atoms with Crippen LogP contribution in [0.25, 0.3) is 55.3 Å². The minimum atomic E-state index is -0.386. The fourth-order valence-corrected chi connectivity index (χ4v) is 7.61. The Balaban J connectivity index is 1.30. The van der Waals surface area contributed by atoms with Gasteiger partial charge in [-0.25, -0.2) is 4.98 Å². The van der Waals surface area contributed by atoms with Crippen molar-refractivity contribution in [1.29, 1.82) is 5.26 Å². The van der Waals surface area contributed by atoms with Gasteiger partial charge in [-0.05, 0) is 95.7 Å². The molecule has 198 valence electrons. The molecule has 2 aliphatic rings. The number of pyridine rings is 1. The van der Waals surface area contributed by atoms with E-state index in [-0.39, 0.29) is 5.41 Å². The van der Waals surface area contributed by atoms with Crippen LogP contribution in [0.4, 0.5) is 0 Å². The van der Waals surface area contributed by atoms with Crippen LogP contribution in [0, 0.1) is 11.3 Å². The van der Waals surface area contributed by atoms with Gasteiger partial charge in [0.15, 0.2) is 0 Å². The highest BCUT2D eigenvalue weighted by molar-refractivity contribution is 6.06. The van der Waals surface area contributed by atoms with E-state index in [1.807, 2.05) is 12.1 Å². The van der Waals surface area contributed by atoms with Gasteiger partial charge >= 0.3 is 0 Å². The number of benzene rings is 6. The number of rotatable bonds is 2. The molecule has 6 aromatic carbocycles. The molecule has 2 nitrogen and oxygen atoms in total. The quantitative estimate of drug-likeness (QED) is 0.217. The van der Waals surface area contributed by atoms with E-state index < -0.39 is 0 Å². The summed E-state index contributed by atoms with van der Waals surface area (Å²) in [6.07, 6.45) is 1.69. The molecular weight excluding hydrogens is 520 g/mol. The number of hydrogen-bond acceptors (Lipinski definition) is 2. The van der Waals surface area contributed by atoms with Crippen molar-refractivity contribution in [2.45, 2.75) is 5.41 Å². The Bertz CT molecular complexity index is 2260. The molecule has 9 rings (SSSR count). The summed E-state index contributed by atoms with van der Waals surface area (Å²) in [5.74, 6) is 0. The van der Waals surface area contributed by atoms with Gasteiger partial charge in [0.2, 0.25) is 0 Å². The van der Waals surface area contributed by atoms with Gasteiger partial charge < -0.3 is 0 Å². The van der Waals surface area contributed by atoms with Crippen molar-refractivity contribution >= 4 is 10.8 Å². The topological polar surface area (TPSA) is 36.7 Å². The zero-order valence-electron chi connectivity index (χ0n) is 23.3. The first-order valence-corrected chi connectivity index (χ1v) is 14.6.